The van der Waals surface area contributed by atoms with E-state index in [1.54, 1.807) is 24.3 Å². The van der Waals surface area contributed by atoms with Crippen molar-refractivity contribution in [2.75, 3.05) is 13.2 Å². The fourth-order valence-corrected chi connectivity index (χ4v) is 6.00. The van der Waals surface area contributed by atoms with Gasteiger partial charge >= 0.3 is 23.9 Å². The minimum Gasteiger partial charge on any atom is -0.494 e. The Morgan fingerprint density at radius 1 is 0.977 bits per heavy atom. The van der Waals surface area contributed by atoms with Gasteiger partial charge in [0.15, 0.2) is 17.5 Å². The predicted molar refractivity (Wildman–Crippen MR) is 152 cm³/mol. The van der Waals surface area contributed by atoms with E-state index in [4.69, 9.17) is 40.0 Å². The molecule has 2 bridgehead atoms. The second-order valence-corrected chi connectivity index (χ2v) is 11.0. The summed E-state index contributed by atoms with van der Waals surface area (Å²) in [5, 5.41) is 10.00. The first-order valence-electron chi connectivity index (χ1n) is 13.9. The van der Waals surface area contributed by atoms with Crippen molar-refractivity contribution in [1.82, 2.24) is 0 Å². The number of hydrogen-bond donors (Lipinski definition) is 1. The summed E-state index contributed by atoms with van der Waals surface area (Å²) in [6.07, 6.45) is -4.65. The number of ether oxygens (including phenoxy) is 6. The molecule has 2 aliphatic heterocycles. The highest BCUT2D eigenvalue weighted by atomic mass is 35.5. The van der Waals surface area contributed by atoms with Gasteiger partial charge in [-0.1, -0.05) is 17.7 Å². The quantitative estimate of drug-likeness (QED) is 0.217. The summed E-state index contributed by atoms with van der Waals surface area (Å²) in [5.41, 5.74) is -1.21. The van der Waals surface area contributed by atoms with E-state index < -0.39 is 71.7 Å². The summed E-state index contributed by atoms with van der Waals surface area (Å²) in [6, 6.07) is 10.8. The van der Waals surface area contributed by atoms with Gasteiger partial charge in [0.2, 0.25) is 5.79 Å². The molecule has 2 saturated heterocycles. The number of hydrogen-bond acceptors (Lipinski definition) is 11. The van der Waals surface area contributed by atoms with Crippen molar-refractivity contribution in [1.29, 1.82) is 0 Å². The molecule has 236 valence electrons. The number of aliphatic carboxylic acids is 1. The maximum absolute atomic E-state index is 13.6. The fourth-order valence-electron chi connectivity index (χ4n) is 5.80. The third-order valence-electron chi connectivity index (χ3n) is 7.56. The topological polar surface area (TPSA) is 161 Å². The number of ketones is 1. The number of rotatable bonds is 11. The molecule has 4 rings (SSSR count). The van der Waals surface area contributed by atoms with Crippen LogP contribution in [0.2, 0.25) is 5.02 Å². The van der Waals surface area contributed by atoms with Gasteiger partial charge < -0.3 is 33.5 Å². The van der Waals surface area contributed by atoms with Crippen LogP contribution < -0.4 is 4.74 Å². The lowest BCUT2D eigenvalue weighted by molar-refractivity contribution is -0.331. The van der Waals surface area contributed by atoms with E-state index in [1.165, 1.54) is 32.0 Å². The zero-order valence-corrected chi connectivity index (χ0v) is 25.5. The van der Waals surface area contributed by atoms with Crippen molar-refractivity contribution < 1.29 is 57.5 Å². The largest absolute Gasteiger partial charge is 0.494 e. The van der Waals surface area contributed by atoms with E-state index in [0.29, 0.717) is 17.9 Å². The van der Waals surface area contributed by atoms with E-state index in [9.17, 15) is 29.1 Å². The standard InChI is InChI=1S/C31H33ClO12/c1-6-39-22-10-7-20(8-11-22)27(38)23-13-21(9-12-25(23)32)31-29(43-19(5)35)24(14-26(36)37)28(42-18(4)34)30(44-31,15-40-31)16(2)41-17(3)33/h7-13,16,24,28-29H,6,14-15H2,1-5H3,(H,36,37)/t16?,24-,28-,29+,30+,31-/m0/s1. The smallest absolute Gasteiger partial charge is 0.303 e. The predicted octanol–water partition coefficient (Wildman–Crippen LogP) is 3.83. The molecule has 0 amide bonds. The van der Waals surface area contributed by atoms with Crippen molar-refractivity contribution in [2.45, 2.75) is 70.7 Å². The molecule has 2 aliphatic rings. The second kappa shape index (κ2) is 12.9. The molecule has 6 atom stereocenters. The first kappa shape index (κ1) is 32.9. The Morgan fingerprint density at radius 2 is 1.61 bits per heavy atom. The SMILES string of the molecule is CCOc1ccc(C(=O)c2cc([C@]34OC[C@](C(C)OC(C)=O)(O3)[C@@H](OC(C)=O)[C@H](CC(=O)O)[C@H]4OC(C)=O)ccc2Cl)cc1. The lowest BCUT2D eigenvalue weighted by Gasteiger charge is -2.51. The van der Waals surface area contributed by atoms with Gasteiger partial charge in [0, 0.05) is 37.5 Å². The number of carbonyl (C=O) groups excluding carboxylic acids is 4. The van der Waals surface area contributed by atoms with Crippen LogP contribution in [0.3, 0.4) is 0 Å². The van der Waals surface area contributed by atoms with Crippen molar-refractivity contribution in [2.24, 2.45) is 5.92 Å². The summed E-state index contributed by atoms with van der Waals surface area (Å²) in [5.74, 6) is -6.68. The van der Waals surface area contributed by atoms with Gasteiger partial charge in [0.1, 0.15) is 18.0 Å². The van der Waals surface area contributed by atoms with Crippen LogP contribution >= 0.6 is 11.6 Å². The van der Waals surface area contributed by atoms with Crippen LogP contribution in [0.15, 0.2) is 42.5 Å². The number of fused-ring (bicyclic) bond motifs is 2. The maximum atomic E-state index is 13.6. The highest BCUT2D eigenvalue weighted by Gasteiger charge is 2.72. The van der Waals surface area contributed by atoms with Crippen LogP contribution in [0.1, 0.15) is 62.5 Å². The van der Waals surface area contributed by atoms with Crippen molar-refractivity contribution >= 4 is 41.3 Å². The zero-order valence-electron chi connectivity index (χ0n) is 24.8. The molecule has 0 aliphatic carbocycles. The summed E-state index contributed by atoms with van der Waals surface area (Å²) in [6.45, 7) is 6.83. The monoisotopic (exact) mass is 632 g/mol. The Labute approximate surface area is 258 Å². The Balaban J connectivity index is 1.90. The first-order valence-corrected chi connectivity index (χ1v) is 14.3. The molecular formula is C31H33ClO12. The Bertz CT molecular complexity index is 1460. The van der Waals surface area contributed by atoms with Gasteiger partial charge in [-0.2, -0.15) is 0 Å². The highest BCUT2D eigenvalue weighted by molar-refractivity contribution is 6.35. The lowest BCUT2D eigenvalue weighted by Crippen LogP contribution is -2.67. The minimum atomic E-state index is -2.02. The molecule has 2 fully saturated rings. The van der Waals surface area contributed by atoms with Gasteiger partial charge in [-0.3, -0.25) is 24.0 Å². The molecule has 1 unspecified atom stereocenters. The van der Waals surface area contributed by atoms with Crippen molar-refractivity contribution in [3.8, 4) is 5.75 Å². The third kappa shape index (κ3) is 6.28. The summed E-state index contributed by atoms with van der Waals surface area (Å²) in [7, 11) is 0. The average molecular weight is 633 g/mol. The molecule has 2 aromatic carbocycles. The number of carbonyl (C=O) groups is 5. The van der Waals surface area contributed by atoms with Crippen molar-refractivity contribution in [3.05, 3.63) is 64.2 Å². The van der Waals surface area contributed by atoms with E-state index in [1.807, 2.05) is 6.92 Å². The number of esters is 3. The van der Waals surface area contributed by atoms with Crippen molar-refractivity contribution in [3.63, 3.8) is 0 Å². The Kier molecular flexibility index (Phi) is 9.67. The fraction of sp³-hybridized carbons (Fsp3) is 0.452. The van der Waals surface area contributed by atoms with Gasteiger partial charge in [-0.25, -0.2) is 0 Å². The van der Waals surface area contributed by atoms with Crippen LogP contribution in [0.5, 0.6) is 5.75 Å². The van der Waals surface area contributed by atoms with Crippen LogP contribution in [0.25, 0.3) is 0 Å². The second-order valence-electron chi connectivity index (χ2n) is 10.6. The third-order valence-corrected chi connectivity index (χ3v) is 7.89. The maximum Gasteiger partial charge on any atom is 0.303 e. The molecule has 0 saturated carbocycles. The molecule has 1 N–H and O–H groups in total. The molecule has 0 spiro atoms. The summed E-state index contributed by atoms with van der Waals surface area (Å²) in [4.78, 5) is 62.5. The normalized spacial score (nSPS) is 26.3. The van der Waals surface area contributed by atoms with Gasteiger partial charge in [0.25, 0.3) is 0 Å². The van der Waals surface area contributed by atoms with E-state index >= 15 is 0 Å². The zero-order chi connectivity index (χ0) is 32.4. The van der Waals surface area contributed by atoms with Gasteiger partial charge in [0.05, 0.1) is 30.6 Å². The first-order chi connectivity index (χ1) is 20.7. The summed E-state index contributed by atoms with van der Waals surface area (Å²) < 4.78 is 35.1. The number of carboxylic acid groups (broad SMARTS) is 1. The van der Waals surface area contributed by atoms with E-state index in [-0.39, 0.29) is 22.8 Å². The Morgan fingerprint density at radius 3 is 2.18 bits per heavy atom. The molecule has 2 heterocycles. The highest BCUT2D eigenvalue weighted by Crippen LogP contribution is 2.56. The van der Waals surface area contributed by atoms with Crippen LogP contribution in [0.4, 0.5) is 0 Å². The summed E-state index contributed by atoms with van der Waals surface area (Å²) >= 11 is 6.49. The van der Waals surface area contributed by atoms with E-state index in [0.717, 1.165) is 13.8 Å². The van der Waals surface area contributed by atoms with Crippen LogP contribution in [-0.2, 0) is 48.6 Å². The number of halogens is 1. The minimum absolute atomic E-state index is 0.0545. The van der Waals surface area contributed by atoms with Gasteiger partial charge in [-0.05, 0) is 50.2 Å². The van der Waals surface area contributed by atoms with Crippen LogP contribution in [0, 0.1) is 5.92 Å². The molecule has 0 radical (unpaired) electrons. The molecule has 0 aromatic heterocycles. The number of carboxylic acids is 1. The van der Waals surface area contributed by atoms with Crippen LogP contribution in [-0.4, -0.2) is 71.9 Å². The average Bonchev–Trinajstić information content (AvgIpc) is 3.32. The number of benzene rings is 2. The molecule has 44 heavy (non-hydrogen) atoms. The van der Waals surface area contributed by atoms with E-state index in [2.05, 4.69) is 0 Å². The molecular weight excluding hydrogens is 600 g/mol. The Hall–Kier alpha value is -4.00. The van der Waals surface area contributed by atoms with Gasteiger partial charge in [-0.15, -0.1) is 0 Å². The lowest BCUT2D eigenvalue weighted by atomic mass is 9.73. The molecule has 2 aromatic rings. The molecule has 12 nitrogen and oxygen atoms in total. The molecule has 13 heteroatoms.